The van der Waals surface area contributed by atoms with Gasteiger partial charge in [-0.2, -0.15) is 0 Å². The number of rotatable bonds is 8. The summed E-state index contributed by atoms with van der Waals surface area (Å²) in [5.41, 5.74) is 1.02. The van der Waals surface area contributed by atoms with E-state index in [4.69, 9.17) is 5.14 Å². The topological polar surface area (TPSA) is 135 Å². The van der Waals surface area contributed by atoms with Gasteiger partial charge in [-0.15, -0.1) is 0 Å². The van der Waals surface area contributed by atoms with Crippen molar-refractivity contribution < 1.29 is 21.6 Å². The van der Waals surface area contributed by atoms with Crippen molar-refractivity contribution in [3.8, 4) is 0 Å². The zero-order valence-corrected chi connectivity index (χ0v) is 18.8. The van der Waals surface area contributed by atoms with Gasteiger partial charge in [-0.05, 0) is 62.6 Å². The van der Waals surface area contributed by atoms with Gasteiger partial charge in [-0.3, -0.25) is 4.79 Å². The Bertz CT molecular complexity index is 1090. The maximum atomic E-state index is 12.3. The molecule has 8 nitrogen and oxygen atoms in total. The molecular formula is C20H27N3O5S2. The van der Waals surface area contributed by atoms with Crippen molar-refractivity contribution in [2.24, 2.45) is 5.14 Å². The van der Waals surface area contributed by atoms with Crippen LogP contribution in [0.1, 0.15) is 38.3 Å². The Morgan fingerprint density at radius 2 is 1.37 bits per heavy atom. The second kappa shape index (κ2) is 9.25. The first-order chi connectivity index (χ1) is 13.8. The molecule has 0 saturated carbocycles. The highest BCUT2D eigenvalue weighted by Crippen LogP contribution is 2.15. The van der Waals surface area contributed by atoms with E-state index in [-0.39, 0.29) is 28.7 Å². The van der Waals surface area contributed by atoms with Crippen molar-refractivity contribution in [3.05, 3.63) is 59.7 Å². The van der Waals surface area contributed by atoms with Crippen LogP contribution in [0.25, 0.3) is 0 Å². The maximum absolute atomic E-state index is 12.3. The minimum Gasteiger partial charge on any atom is -0.352 e. The van der Waals surface area contributed by atoms with Crippen LogP contribution in [-0.2, 0) is 37.8 Å². The number of nitrogens with one attached hydrogen (secondary N) is 2. The second-order valence-electron chi connectivity index (χ2n) is 7.97. The highest BCUT2D eigenvalue weighted by Gasteiger charge is 2.21. The third-order valence-corrected chi connectivity index (χ3v) is 6.76. The molecule has 0 spiro atoms. The lowest BCUT2D eigenvalue weighted by Gasteiger charge is -2.20. The Labute approximate surface area is 178 Å². The van der Waals surface area contributed by atoms with Crippen molar-refractivity contribution in [1.82, 2.24) is 10.0 Å². The van der Waals surface area contributed by atoms with E-state index in [1.54, 1.807) is 45.0 Å². The van der Waals surface area contributed by atoms with E-state index in [1.165, 1.54) is 24.3 Å². The summed E-state index contributed by atoms with van der Waals surface area (Å²) in [5.74, 6) is -0.170. The van der Waals surface area contributed by atoms with Crippen LogP contribution in [0.15, 0.2) is 58.3 Å². The third-order valence-electron chi connectivity index (χ3n) is 4.06. The number of benzene rings is 2. The van der Waals surface area contributed by atoms with Gasteiger partial charge in [0.15, 0.2) is 0 Å². The molecule has 0 aromatic heterocycles. The normalized spacial score (nSPS) is 12.5. The highest BCUT2D eigenvalue weighted by molar-refractivity contribution is 7.89. The van der Waals surface area contributed by atoms with E-state index in [9.17, 15) is 21.6 Å². The average Bonchev–Trinajstić information content (AvgIpc) is 2.63. The molecule has 10 heteroatoms. The van der Waals surface area contributed by atoms with Crippen molar-refractivity contribution in [2.75, 3.05) is 0 Å². The predicted octanol–water partition coefficient (Wildman–Crippen LogP) is 1.66. The Morgan fingerprint density at radius 1 is 0.867 bits per heavy atom. The molecule has 30 heavy (non-hydrogen) atoms. The molecule has 0 aliphatic heterocycles. The van der Waals surface area contributed by atoms with Gasteiger partial charge < -0.3 is 5.32 Å². The summed E-state index contributed by atoms with van der Waals surface area (Å²) in [4.78, 5) is 12.3. The van der Waals surface area contributed by atoms with Crippen molar-refractivity contribution in [2.45, 2.75) is 55.5 Å². The fourth-order valence-electron chi connectivity index (χ4n) is 2.64. The number of amides is 1. The molecule has 0 aliphatic rings. The summed E-state index contributed by atoms with van der Waals surface area (Å²) in [5, 5.41) is 7.81. The molecule has 2 rings (SSSR count). The van der Waals surface area contributed by atoms with Crippen LogP contribution in [0.2, 0.25) is 0 Å². The van der Waals surface area contributed by atoms with Crippen molar-refractivity contribution >= 4 is 26.0 Å². The van der Waals surface area contributed by atoms with E-state index in [1.807, 2.05) is 0 Å². The summed E-state index contributed by atoms with van der Waals surface area (Å²) in [7, 11) is -7.33. The molecular weight excluding hydrogens is 426 g/mol. The van der Waals surface area contributed by atoms with Crippen LogP contribution >= 0.6 is 0 Å². The zero-order chi connectivity index (χ0) is 22.6. The summed E-state index contributed by atoms with van der Waals surface area (Å²) in [6.45, 7) is 5.57. The van der Waals surface area contributed by atoms with E-state index in [0.717, 1.165) is 11.1 Å². The van der Waals surface area contributed by atoms with Gasteiger partial charge in [-0.1, -0.05) is 24.3 Å². The van der Waals surface area contributed by atoms with E-state index in [0.29, 0.717) is 6.42 Å². The van der Waals surface area contributed by atoms with Gasteiger partial charge in [-0.25, -0.2) is 26.7 Å². The molecule has 0 fully saturated rings. The highest BCUT2D eigenvalue weighted by atomic mass is 32.2. The Hall–Kier alpha value is -2.27. The minimum absolute atomic E-state index is 0.0146. The summed E-state index contributed by atoms with van der Waals surface area (Å²) in [6.07, 6.45) is 0.699. The van der Waals surface area contributed by atoms with E-state index in [2.05, 4.69) is 10.0 Å². The molecule has 1 amide bonds. The van der Waals surface area contributed by atoms with Gasteiger partial charge in [0.2, 0.25) is 26.0 Å². The minimum atomic E-state index is -3.74. The van der Waals surface area contributed by atoms with Gasteiger partial charge in [0, 0.05) is 18.5 Å². The van der Waals surface area contributed by atoms with E-state index < -0.39 is 25.6 Å². The lowest BCUT2D eigenvalue weighted by Crippen LogP contribution is -2.40. The molecule has 2 aromatic carbocycles. The number of carbonyl (C=O) groups excluding carboxylic acids is 1. The number of primary sulfonamides is 1. The Morgan fingerprint density at radius 3 is 1.87 bits per heavy atom. The third kappa shape index (κ3) is 7.52. The second-order valence-corrected chi connectivity index (χ2v) is 11.2. The van der Waals surface area contributed by atoms with Gasteiger partial charge in [0.25, 0.3) is 0 Å². The average molecular weight is 454 g/mol. The largest absolute Gasteiger partial charge is 0.352 e. The van der Waals surface area contributed by atoms with Crippen LogP contribution < -0.4 is 15.2 Å². The first-order valence-corrected chi connectivity index (χ1v) is 12.3. The molecule has 4 N–H and O–H groups in total. The van der Waals surface area contributed by atoms with Crippen LogP contribution in [0, 0.1) is 0 Å². The van der Waals surface area contributed by atoms with Gasteiger partial charge >= 0.3 is 0 Å². The summed E-state index contributed by atoms with van der Waals surface area (Å²) < 4.78 is 49.7. The number of sulfonamides is 2. The molecule has 164 valence electrons. The summed E-state index contributed by atoms with van der Waals surface area (Å²) >= 11 is 0. The lowest BCUT2D eigenvalue weighted by atomic mass is 10.1. The SMILES string of the molecule is CC(C)(C)NS(=O)(=O)c1ccc(CCC(=O)NCc2ccc(S(N)(=O)=O)cc2)cc1. The Balaban J connectivity index is 1.86. The molecule has 0 atom stereocenters. The van der Waals surface area contributed by atoms with Crippen molar-refractivity contribution in [1.29, 1.82) is 0 Å². The molecule has 0 saturated heterocycles. The maximum Gasteiger partial charge on any atom is 0.241 e. The Kier molecular flexibility index (Phi) is 7.40. The van der Waals surface area contributed by atoms with Crippen LogP contribution in [0.3, 0.4) is 0 Å². The standard InChI is InChI=1S/C20H27N3O5S2/c1-20(2,3)23-30(27,28)18-11-4-15(5-12-18)8-13-19(24)22-14-16-6-9-17(10-7-16)29(21,25)26/h4-7,9-12,23H,8,13-14H2,1-3H3,(H,22,24)(H2,21,25,26). The van der Waals surface area contributed by atoms with Crippen LogP contribution in [0.5, 0.6) is 0 Å². The van der Waals surface area contributed by atoms with Gasteiger partial charge in [0.05, 0.1) is 9.79 Å². The molecule has 0 heterocycles. The number of aryl methyl sites for hydroxylation is 1. The number of nitrogens with two attached hydrogens (primary N) is 1. The first-order valence-electron chi connectivity index (χ1n) is 9.28. The van der Waals surface area contributed by atoms with Crippen LogP contribution in [0.4, 0.5) is 0 Å². The lowest BCUT2D eigenvalue weighted by molar-refractivity contribution is -0.121. The quantitative estimate of drug-likeness (QED) is 0.558. The number of hydrogen-bond donors (Lipinski definition) is 3. The molecule has 2 aromatic rings. The van der Waals surface area contributed by atoms with Gasteiger partial charge in [0.1, 0.15) is 0 Å². The summed E-state index contributed by atoms with van der Waals surface area (Å²) in [6, 6.07) is 12.4. The predicted molar refractivity (Wildman–Crippen MR) is 114 cm³/mol. The molecule has 0 unspecified atom stereocenters. The van der Waals surface area contributed by atoms with E-state index >= 15 is 0 Å². The fraction of sp³-hybridized carbons (Fsp3) is 0.350. The molecule has 0 aliphatic carbocycles. The fourth-order valence-corrected chi connectivity index (χ4v) is 4.58. The molecule has 0 bridgehead atoms. The first kappa shape index (κ1) is 24.0. The molecule has 0 radical (unpaired) electrons. The number of hydrogen-bond acceptors (Lipinski definition) is 5. The number of carbonyl (C=O) groups is 1. The monoisotopic (exact) mass is 453 g/mol. The smallest absolute Gasteiger partial charge is 0.241 e. The zero-order valence-electron chi connectivity index (χ0n) is 17.2. The van der Waals surface area contributed by atoms with Crippen molar-refractivity contribution in [3.63, 3.8) is 0 Å². The van der Waals surface area contributed by atoms with Crippen LogP contribution in [-0.4, -0.2) is 28.3 Å².